The van der Waals surface area contributed by atoms with Gasteiger partial charge in [0.15, 0.2) is 11.5 Å². The number of esters is 1. The minimum Gasteiger partial charge on any atom is -0.493 e. The van der Waals surface area contributed by atoms with E-state index in [1.165, 1.54) is 18.4 Å². The number of benzene rings is 2. The van der Waals surface area contributed by atoms with Gasteiger partial charge in [-0.2, -0.15) is 5.10 Å². The molecular formula is C19H16ClN3O3S. The van der Waals surface area contributed by atoms with Crippen LogP contribution in [0.5, 0.6) is 11.5 Å². The molecule has 27 heavy (non-hydrogen) atoms. The Hall–Kier alpha value is -2.90. The molecule has 8 heteroatoms. The summed E-state index contributed by atoms with van der Waals surface area (Å²) < 4.78 is 10.7. The number of halogens is 1. The van der Waals surface area contributed by atoms with Crippen molar-refractivity contribution in [3.8, 4) is 11.5 Å². The quantitative estimate of drug-likeness (QED) is 0.278. The molecule has 0 unspecified atom stereocenters. The summed E-state index contributed by atoms with van der Waals surface area (Å²) in [7, 11) is 1.48. The molecule has 0 aliphatic rings. The number of thiazole rings is 1. The SMILES string of the molecule is COc1cc(C=NNc2nc(C)cs2)cc(Cl)c1OC(=O)c1ccccc1. The highest BCUT2D eigenvalue weighted by molar-refractivity contribution is 7.13. The van der Waals surface area contributed by atoms with Gasteiger partial charge >= 0.3 is 5.97 Å². The summed E-state index contributed by atoms with van der Waals surface area (Å²) in [4.78, 5) is 16.5. The second-order valence-corrected chi connectivity index (χ2v) is 6.72. The number of anilines is 1. The summed E-state index contributed by atoms with van der Waals surface area (Å²) in [5.41, 5.74) is 4.87. The van der Waals surface area contributed by atoms with Crippen molar-refractivity contribution in [1.29, 1.82) is 0 Å². The summed E-state index contributed by atoms with van der Waals surface area (Å²) in [6.07, 6.45) is 1.58. The maximum absolute atomic E-state index is 12.3. The molecule has 0 aliphatic heterocycles. The molecule has 0 radical (unpaired) electrons. The van der Waals surface area contributed by atoms with Crippen LogP contribution in [-0.4, -0.2) is 24.3 Å². The lowest BCUT2D eigenvalue weighted by Crippen LogP contribution is -2.09. The van der Waals surface area contributed by atoms with Crippen LogP contribution in [0.1, 0.15) is 21.6 Å². The Labute approximate surface area is 165 Å². The lowest BCUT2D eigenvalue weighted by Gasteiger charge is -2.12. The van der Waals surface area contributed by atoms with Crippen molar-refractivity contribution in [2.75, 3.05) is 12.5 Å². The Morgan fingerprint density at radius 1 is 1.30 bits per heavy atom. The molecule has 2 aromatic carbocycles. The van der Waals surface area contributed by atoms with Crippen molar-refractivity contribution < 1.29 is 14.3 Å². The first-order chi connectivity index (χ1) is 13.1. The summed E-state index contributed by atoms with van der Waals surface area (Å²) in [5.74, 6) is -0.0231. The number of ether oxygens (including phenoxy) is 2. The summed E-state index contributed by atoms with van der Waals surface area (Å²) >= 11 is 7.75. The molecule has 0 bridgehead atoms. The predicted octanol–water partition coefficient (Wildman–Crippen LogP) is 4.78. The van der Waals surface area contributed by atoms with E-state index in [9.17, 15) is 4.79 Å². The number of hydrogen-bond acceptors (Lipinski definition) is 7. The Kier molecular flexibility index (Phi) is 6.05. The van der Waals surface area contributed by atoms with E-state index in [0.717, 1.165) is 5.69 Å². The number of nitrogens with zero attached hydrogens (tertiary/aromatic N) is 2. The fourth-order valence-electron chi connectivity index (χ4n) is 2.21. The van der Waals surface area contributed by atoms with Gasteiger partial charge in [0.1, 0.15) is 0 Å². The van der Waals surface area contributed by atoms with Crippen LogP contribution < -0.4 is 14.9 Å². The van der Waals surface area contributed by atoms with Gasteiger partial charge in [-0.1, -0.05) is 29.8 Å². The van der Waals surface area contributed by atoms with Gasteiger partial charge in [-0.25, -0.2) is 9.78 Å². The molecule has 6 nitrogen and oxygen atoms in total. The van der Waals surface area contributed by atoms with Crippen molar-refractivity contribution in [1.82, 2.24) is 4.98 Å². The average Bonchev–Trinajstić information content (AvgIpc) is 3.09. The van der Waals surface area contributed by atoms with E-state index in [-0.39, 0.29) is 10.8 Å². The third-order valence-corrected chi connectivity index (χ3v) is 4.59. The molecule has 0 saturated carbocycles. The van der Waals surface area contributed by atoms with Crippen LogP contribution in [-0.2, 0) is 0 Å². The second kappa shape index (κ2) is 8.66. The Morgan fingerprint density at radius 3 is 2.74 bits per heavy atom. The fraction of sp³-hybridized carbons (Fsp3) is 0.105. The highest BCUT2D eigenvalue weighted by Gasteiger charge is 2.16. The van der Waals surface area contributed by atoms with Gasteiger partial charge in [0.25, 0.3) is 0 Å². The number of methoxy groups -OCH3 is 1. The van der Waals surface area contributed by atoms with Gasteiger partial charge < -0.3 is 9.47 Å². The number of carbonyl (C=O) groups excluding carboxylic acids is 1. The molecule has 3 aromatic rings. The Bertz CT molecular complexity index is 974. The lowest BCUT2D eigenvalue weighted by molar-refractivity contribution is 0.0730. The van der Waals surface area contributed by atoms with Gasteiger partial charge in [-0.3, -0.25) is 5.43 Å². The van der Waals surface area contributed by atoms with Crippen LogP contribution in [0.2, 0.25) is 5.02 Å². The molecule has 1 heterocycles. The largest absolute Gasteiger partial charge is 0.493 e. The van der Waals surface area contributed by atoms with Crippen LogP contribution in [0.25, 0.3) is 0 Å². The van der Waals surface area contributed by atoms with Crippen LogP contribution in [0.15, 0.2) is 52.9 Å². The number of rotatable bonds is 6. The number of carbonyl (C=O) groups is 1. The molecule has 0 amide bonds. The minimum absolute atomic E-state index is 0.161. The normalized spacial score (nSPS) is 10.8. The first-order valence-electron chi connectivity index (χ1n) is 7.93. The molecule has 3 rings (SSSR count). The Morgan fingerprint density at radius 2 is 2.07 bits per heavy atom. The van der Waals surface area contributed by atoms with Gasteiger partial charge in [0.2, 0.25) is 5.13 Å². The Balaban J connectivity index is 1.77. The molecule has 138 valence electrons. The lowest BCUT2D eigenvalue weighted by atomic mass is 10.2. The second-order valence-electron chi connectivity index (χ2n) is 5.45. The maximum Gasteiger partial charge on any atom is 0.343 e. The molecule has 0 fully saturated rings. The highest BCUT2D eigenvalue weighted by Crippen LogP contribution is 2.36. The number of hydrogen-bond donors (Lipinski definition) is 1. The highest BCUT2D eigenvalue weighted by atomic mass is 35.5. The minimum atomic E-state index is -0.516. The fourth-order valence-corrected chi connectivity index (χ4v) is 3.10. The van der Waals surface area contributed by atoms with E-state index in [2.05, 4.69) is 15.5 Å². The average molecular weight is 402 g/mol. The van der Waals surface area contributed by atoms with Crippen molar-refractivity contribution >= 4 is 40.3 Å². The summed E-state index contributed by atoms with van der Waals surface area (Å²) in [6, 6.07) is 12.0. The van der Waals surface area contributed by atoms with Gasteiger partial charge in [-0.15, -0.1) is 11.3 Å². The summed E-state index contributed by atoms with van der Waals surface area (Å²) in [6.45, 7) is 1.91. The van der Waals surface area contributed by atoms with E-state index < -0.39 is 5.97 Å². The van der Waals surface area contributed by atoms with E-state index in [1.807, 2.05) is 18.4 Å². The molecule has 1 aromatic heterocycles. The zero-order valence-corrected chi connectivity index (χ0v) is 16.2. The van der Waals surface area contributed by atoms with Crippen LogP contribution >= 0.6 is 22.9 Å². The molecule has 0 atom stereocenters. The van der Waals surface area contributed by atoms with Crippen molar-refractivity contribution in [3.63, 3.8) is 0 Å². The number of nitrogens with one attached hydrogen (secondary N) is 1. The molecule has 0 saturated heterocycles. The smallest absolute Gasteiger partial charge is 0.343 e. The summed E-state index contributed by atoms with van der Waals surface area (Å²) in [5, 5.41) is 6.99. The van der Waals surface area contributed by atoms with Gasteiger partial charge in [0.05, 0.1) is 29.6 Å². The van der Waals surface area contributed by atoms with E-state index >= 15 is 0 Å². The van der Waals surface area contributed by atoms with Crippen molar-refractivity contribution in [3.05, 3.63) is 69.7 Å². The zero-order chi connectivity index (χ0) is 19.2. The molecule has 0 aliphatic carbocycles. The molecule has 1 N–H and O–H groups in total. The number of hydrazone groups is 1. The number of aromatic nitrogens is 1. The first-order valence-corrected chi connectivity index (χ1v) is 9.18. The van der Waals surface area contributed by atoms with Crippen LogP contribution in [0.4, 0.5) is 5.13 Å². The maximum atomic E-state index is 12.3. The third-order valence-electron chi connectivity index (χ3n) is 3.45. The molecular weight excluding hydrogens is 386 g/mol. The zero-order valence-electron chi connectivity index (χ0n) is 14.6. The number of aryl methyl sites for hydroxylation is 1. The van der Waals surface area contributed by atoms with E-state index in [0.29, 0.717) is 22.0 Å². The van der Waals surface area contributed by atoms with Crippen LogP contribution in [0.3, 0.4) is 0 Å². The topological polar surface area (TPSA) is 72.8 Å². The third kappa shape index (κ3) is 4.84. The van der Waals surface area contributed by atoms with Gasteiger partial charge in [0, 0.05) is 5.38 Å². The monoisotopic (exact) mass is 401 g/mol. The van der Waals surface area contributed by atoms with E-state index in [1.54, 1.807) is 42.6 Å². The van der Waals surface area contributed by atoms with Crippen molar-refractivity contribution in [2.24, 2.45) is 5.10 Å². The van der Waals surface area contributed by atoms with Crippen molar-refractivity contribution in [2.45, 2.75) is 6.92 Å². The first kappa shape index (κ1) is 18.9. The molecule has 0 spiro atoms. The standard InChI is InChI=1S/C19H16ClN3O3S/c1-12-11-27-19(22-12)23-21-10-13-8-15(20)17(16(9-13)25-2)26-18(24)14-6-4-3-5-7-14/h3-11H,1-2H3,(H,22,23). The van der Waals surface area contributed by atoms with Gasteiger partial charge in [-0.05, 0) is 36.8 Å². The van der Waals surface area contributed by atoms with Crippen LogP contribution in [0, 0.1) is 6.92 Å². The van der Waals surface area contributed by atoms with E-state index in [4.69, 9.17) is 21.1 Å². The predicted molar refractivity (Wildman–Crippen MR) is 107 cm³/mol.